The van der Waals surface area contributed by atoms with Crippen molar-refractivity contribution in [3.05, 3.63) is 59.4 Å². The summed E-state index contributed by atoms with van der Waals surface area (Å²) in [6.07, 6.45) is 1.81. The molecule has 23 heavy (non-hydrogen) atoms. The molecule has 1 N–H and O–H groups in total. The van der Waals surface area contributed by atoms with Gasteiger partial charge >= 0.3 is 0 Å². The van der Waals surface area contributed by atoms with E-state index in [9.17, 15) is 5.26 Å². The van der Waals surface area contributed by atoms with Crippen LogP contribution in [0.15, 0.2) is 42.5 Å². The highest BCUT2D eigenvalue weighted by atomic mass is 16.5. The Morgan fingerprint density at radius 1 is 1.30 bits per heavy atom. The van der Waals surface area contributed by atoms with Crippen LogP contribution in [0.2, 0.25) is 0 Å². The summed E-state index contributed by atoms with van der Waals surface area (Å²) in [5, 5.41) is 9.48. The van der Waals surface area contributed by atoms with Gasteiger partial charge in [-0.3, -0.25) is 0 Å². The van der Waals surface area contributed by atoms with Gasteiger partial charge in [-0.2, -0.15) is 5.26 Å². The van der Waals surface area contributed by atoms with Crippen molar-refractivity contribution < 1.29 is 4.74 Å². The third-order valence-corrected chi connectivity index (χ3v) is 3.49. The number of aromatic nitrogens is 2. The molecule has 0 amide bonds. The molecule has 0 saturated carbocycles. The van der Waals surface area contributed by atoms with Crippen LogP contribution in [0.4, 0.5) is 0 Å². The summed E-state index contributed by atoms with van der Waals surface area (Å²) in [6.45, 7) is 4.58. The van der Waals surface area contributed by atoms with E-state index in [0.717, 1.165) is 27.9 Å². The van der Waals surface area contributed by atoms with Crippen molar-refractivity contribution in [1.29, 1.82) is 5.26 Å². The zero-order valence-corrected chi connectivity index (χ0v) is 13.1. The Morgan fingerprint density at radius 3 is 2.96 bits per heavy atom. The number of ether oxygens (including phenoxy) is 1. The van der Waals surface area contributed by atoms with Crippen LogP contribution in [-0.2, 0) is 0 Å². The summed E-state index contributed by atoms with van der Waals surface area (Å²) in [5.74, 6) is 1.37. The fraction of sp³-hybridized carbons (Fsp3) is 0.158. The Bertz CT molecular complexity index is 916. The number of allylic oxidation sites excluding steroid dienone is 1. The van der Waals surface area contributed by atoms with E-state index in [2.05, 4.69) is 16.0 Å². The van der Waals surface area contributed by atoms with Crippen molar-refractivity contribution in [1.82, 2.24) is 9.97 Å². The number of benzene rings is 2. The minimum Gasteiger partial charge on any atom is -0.494 e. The first-order chi connectivity index (χ1) is 11.2. The van der Waals surface area contributed by atoms with E-state index in [1.807, 2.05) is 62.4 Å². The average Bonchev–Trinajstić information content (AvgIpc) is 2.96. The van der Waals surface area contributed by atoms with Crippen LogP contribution in [0, 0.1) is 18.3 Å². The Balaban J connectivity index is 2.00. The van der Waals surface area contributed by atoms with E-state index in [1.165, 1.54) is 0 Å². The van der Waals surface area contributed by atoms with Crippen LogP contribution < -0.4 is 4.74 Å². The second kappa shape index (κ2) is 6.37. The molecule has 0 aliphatic rings. The molecule has 0 atom stereocenters. The zero-order valence-electron chi connectivity index (χ0n) is 13.1. The maximum absolute atomic E-state index is 9.48. The molecule has 3 aromatic rings. The number of aryl methyl sites for hydroxylation is 1. The lowest BCUT2D eigenvalue weighted by Gasteiger charge is -2.03. The van der Waals surface area contributed by atoms with E-state index in [1.54, 1.807) is 0 Å². The molecule has 1 aromatic heterocycles. The Labute approximate surface area is 135 Å². The van der Waals surface area contributed by atoms with E-state index in [4.69, 9.17) is 4.74 Å². The molecule has 0 aliphatic carbocycles. The quantitative estimate of drug-likeness (QED) is 0.729. The molecule has 4 heteroatoms. The lowest BCUT2D eigenvalue weighted by atomic mass is 10.1. The van der Waals surface area contributed by atoms with Crippen LogP contribution in [0.3, 0.4) is 0 Å². The largest absolute Gasteiger partial charge is 0.494 e. The summed E-state index contributed by atoms with van der Waals surface area (Å²) in [7, 11) is 0. The topological polar surface area (TPSA) is 61.7 Å². The maximum atomic E-state index is 9.48. The molecule has 4 nitrogen and oxygen atoms in total. The molecule has 3 rings (SSSR count). The van der Waals surface area contributed by atoms with Gasteiger partial charge in [0.25, 0.3) is 0 Å². The highest BCUT2D eigenvalue weighted by molar-refractivity contribution is 5.90. The van der Waals surface area contributed by atoms with Crippen LogP contribution in [0.1, 0.15) is 23.9 Å². The van der Waals surface area contributed by atoms with Gasteiger partial charge in [0.05, 0.1) is 23.2 Å². The summed E-state index contributed by atoms with van der Waals surface area (Å²) in [6, 6.07) is 15.9. The van der Waals surface area contributed by atoms with Gasteiger partial charge in [0.2, 0.25) is 0 Å². The predicted molar refractivity (Wildman–Crippen MR) is 91.9 cm³/mol. The van der Waals surface area contributed by atoms with E-state index < -0.39 is 0 Å². The van der Waals surface area contributed by atoms with Gasteiger partial charge in [0.15, 0.2) is 0 Å². The van der Waals surface area contributed by atoms with Crippen molar-refractivity contribution in [3.8, 4) is 11.8 Å². The molecule has 0 bridgehead atoms. The van der Waals surface area contributed by atoms with E-state index in [-0.39, 0.29) is 0 Å². The average molecular weight is 303 g/mol. The summed E-state index contributed by atoms with van der Waals surface area (Å²) in [4.78, 5) is 7.72. The van der Waals surface area contributed by atoms with Crippen molar-refractivity contribution >= 4 is 22.7 Å². The predicted octanol–water partition coefficient (Wildman–Crippen LogP) is 4.33. The van der Waals surface area contributed by atoms with Crippen LogP contribution >= 0.6 is 0 Å². The van der Waals surface area contributed by atoms with Gasteiger partial charge in [0, 0.05) is 0 Å². The second-order valence-corrected chi connectivity index (χ2v) is 5.28. The van der Waals surface area contributed by atoms with Gasteiger partial charge in [-0.25, -0.2) is 4.98 Å². The number of hydrogen-bond acceptors (Lipinski definition) is 3. The van der Waals surface area contributed by atoms with Gasteiger partial charge in [-0.05, 0) is 55.3 Å². The van der Waals surface area contributed by atoms with Crippen molar-refractivity contribution in [2.24, 2.45) is 0 Å². The van der Waals surface area contributed by atoms with E-state index in [0.29, 0.717) is 18.0 Å². The number of hydrogen-bond donors (Lipinski definition) is 1. The molecule has 0 radical (unpaired) electrons. The summed E-state index contributed by atoms with van der Waals surface area (Å²) >= 11 is 0. The molecule has 0 fully saturated rings. The minimum absolute atomic E-state index is 0.493. The lowest BCUT2D eigenvalue weighted by molar-refractivity contribution is 0.340. The lowest BCUT2D eigenvalue weighted by Crippen LogP contribution is -1.91. The van der Waals surface area contributed by atoms with Gasteiger partial charge < -0.3 is 9.72 Å². The number of nitriles is 1. The summed E-state index contributed by atoms with van der Waals surface area (Å²) < 4.78 is 5.49. The van der Waals surface area contributed by atoms with Crippen molar-refractivity contribution in [3.63, 3.8) is 0 Å². The van der Waals surface area contributed by atoms with Gasteiger partial charge in [-0.15, -0.1) is 0 Å². The molecule has 1 heterocycles. The fourth-order valence-electron chi connectivity index (χ4n) is 2.43. The van der Waals surface area contributed by atoms with Crippen LogP contribution in [0.5, 0.6) is 5.75 Å². The van der Waals surface area contributed by atoms with Gasteiger partial charge in [-0.1, -0.05) is 18.2 Å². The molecule has 0 spiro atoms. The Kier molecular flexibility index (Phi) is 4.11. The Hall–Kier alpha value is -3.06. The minimum atomic E-state index is 0.493. The SMILES string of the molecule is CCOc1cccc(/C=C(/C#N)c2nc3ccc(C)cc3[nH]2)c1. The first-order valence-electron chi connectivity index (χ1n) is 7.51. The number of rotatable bonds is 4. The molecule has 0 unspecified atom stereocenters. The standard InChI is InChI=1S/C19H17N3O/c1-3-23-16-6-4-5-14(11-16)10-15(12-20)19-21-17-8-7-13(2)9-18(17)22-19/h4-11H,3H2,1-2H3,(H,21,22)/b15-10-. The highest BCUT2D eigenvalue weighted by Crippen LogP contribution is 2.22. The van der Waals surface area contributed by atoms with Crippen LogP contribution in [0.25, 0.3) is 22.7 Å². The maximum Gasteiger partial charge on any atom is 0.149 e. The number of nitrogens with zero attached hydrogens (tertiary/aromatic N) is 2. The second-order valence-electron chi connectivity index (χ2n) is 5.28. The number of aromatic amines is 1. The molecular weight excluding hydrogens is 286 g/mol. The van der Waals surface area contributed by atoms with Gasteiger partial charge in [0.1, 0.15) is 17.6 Å². The first kappa shape index (κ1) is 14.9. The van der Waals surface area contributed by atoms with Crippen molar-refractivity contribution in [2.45, 2.75) is 13.8 Å². The number of imidazole rings is 1. The number of fused-ring (bicyclic) bond motifs is 1. The smallest absolute Gasteiger partial charge is 0.149 e. The summed E-state index contributed by atoms with van der Waals surface area (Å²) in [5.41, 5.74) is 4.34. The van der Waals surface area contributed by atoms with Crippen LogP contribution in [-0.4, -0.2) is 16.6 Å². The monoisotopic (exact) mass is 303 g/mol. The third kappa shape index (κ3) is 3.24. The normalized spacial score (nSPS) is 11.4. The Morgan fingerprint density at radius 2 is 2.17 bits per heavy atom. The number of H-pyrrole nitrogens is 1. The fourth-order valence-corrected chi connectivity index (χ4v) is 2.43. The van der Waals surface area contributed by atoms with Crippen molar-refractivity contribution in [2.75, 3.05) is 6.61 Å². The third-order valence-electron chi connectivity index (χ3n) is 3.49. The molecule has 114 valence electrons. The molecule has 2 aromatic carbocycles. The molecule has 0 aliphatic heterocycles. The first-order valence-corrected chi connectivity index (χ1v) is 7.51. The zero-order chi connectivity index (χ0) is 16.2. The molecular formula is C19H17N3O. The van der Waals surface area contributed by atoms with E-state index >= 15 is 0 Å². The number of nitrogens with one attached hydrogen (secondary N) is 1. The molecule has 0 saturated heterocycles. The highest BCUT2D eigenvalue weighted by Gasteiger charge is 2.08.